The molecule has 0 aliphatic rings. The molecule has 6 nitrogen and oxygen atoms in total. The number of carboxylic acid groups (broad SMARTS) is 1. The highest BCUT2D eigenvalue weighted by Crippen LogP contribution is 2.43. The van der Waals surface area contributed by atoms with Crippen LogP contribution in [-0.4, -0.2) is 21.3 Å². The molecule has 0 saturated carbocycles. The van der Waals surface area contributed by atoms with E-state index in [1.807, 2.05) is 0 Å². The van der Waals surface area contributed by atoms with E-state index in [0.29, 0.717) is 27.0 Å². The lowest BCUT2D eigenvalue weighted by Crippen LogP contribution is -1.99. The number of carbonyl (C=O) groups is 1. The minimum absolute atomic E-state index is 0.101. The molecule has 2 heterocycles. The van der Waals surface area contributed by atoms with E-state index in [2.05, 4.69) is 9.87 Å². The second kappa shape index (κ2) is 8.54. The number of aliphatic carboxylic acids is 1. The van der Waals surface area contributed by atoms with Gasteiger partial charge in [-0.25, -0.2) is 10.1 Å². The Morgan fingerprint density at radius 2 is 1.73 bits per heavy atom. The topological polar surface area (TPSA) is 88.9 Å². The summed E-state index contributed by atoms with van der Waals surface area (Å²) in [5.41, 5.74) is 0.621. The number of carboxylic acids is 1. The highest BCUT2D eigenvalue weighted by Gasteiger charge is 2.18. The van der Waals surface area contributed by atoms with Crippen molar-refractivity contribution in [2.24, 2.45) is 0 Å². The average molecular weight is 440 g/mol. The van der Waals surface area contributed by atoms with Gasteiger partial charge in [-0.05, 0) is 60.2 Å². The molecule has 0 fully saturated rings. The van der Waals surface area contributed by atoms with Crippen molar-refractivity contribution in [3.8, 4) is 17.2 Å². The second-order valence-corrected chi connectivity index (χ2v) is 7.72. The third-order valence-corrected chi connectivity index (χ3v) is 5.61. The molecule has 4 rings (SSSR count). The minimum Gasteiger partial charge on any atom is -0.478 e. The van der Waals surface area contributed by atoms with Gasteiger partial charge in [0.1, 0.15) is 5.75 Å². The molecule has 0 aliphatic heterocycles. The van der Waals surface area contributed by atoms with Crippen LogP contribution in [-0.2, 0) is 4.79 Å². The molecule has 0 radical (unpaired) electrons. The first-order valence-electron chi connectivity index (χ1n) is 8.72. The second-order valence-electron chi connectivity index (χ2n) is 6.20. The van der Waals surface area contributed by atoms with Crippen molar-refractivity contribution in [1.29, 1.82) is 0 Å². The Kier molecular flexibility index (Phi) is 5.67. The van der Waals surface area contributed by atoms with Gasteiger partial charge in [-0.15, -0.1) is 11.3 Å². The molecule has 2 aromatic carbocycles. The number of fused-ring (bicyclic) bond motifs is 1. The van der Waals surface area contributed by atoms with E-state index in [4.69, 9.17) is 21.6 Å². The van der Waals surface area contributed by atoms with Crippen LogP contribution in [0.5, 0.6) is 17.2 Å². The minimum atomic E-state index is -1.07. The number of rotatable bonds is 6. The maximum atomic E-state index is 11.9. The summed E-state index contributed by atoms with van der Waals surface area (Å²) in [4.78, 5) is 20.8. The predicted molar refractivity (Wildman–Crippen MR) is 116 cm³/mol. The van der Waals surface area contributed by atoms with Crippen molar-refractivity contribution in [1.82, 2.24) is 4.98 Å². The summed E-state index contributed by atoms with van der Waals surface area (Å²) in [6.45, 7) is 0. The molecule has 8 heteroatoms. The zero-order valence-corrected chi connectivity index (χ0v) is 16.9. The van der Waals surface area contributed by atoms with Crippen LogP contribution >= 0.6 is 22.9 Å². The van der Waals surface area contributed by atoms with E-state index in [0.717, 1.165) is 10.1 Å². The van der Waals surface area contributed by atoms with Gasteiger partial charge in [-0.3, -0.25) is 4.98 Å². The number of benzene rings is 2. The molecule has 30 heavy (non-hydrogen) atoms. The molecule has 0 aliphatic carbocycles. The van der Waals surface area contributed by atoms with E-state index in [1.165, 1.54) is 23.7 Å². The van der Waals surface area contributed by atoms with Crippen LogP contribution < -0.4 is 9.62 Å². The van der Waals surface area contributed by atoms with Crippen molar-refractivity contribution >= 4 is 50.6 Å². The quantitative estimate of drug-likeness (QED) is 0.210. The average Bonchev–Trinajstić information content (AvgIpc) is 3.10. The van der Waals surface area contributed by atoms with Crippen molar-refractivity contribution in [2.75, 3.05) is 0 Å². The number of aromatic nitrogens is 1. The molecule has 0 atom stereocenters. The zero-order chi connectivity index (χ0) is 21.1. The van der Waals surface area contributed by atoms with Crippen LogP contribution in [0.4, 0.5) is 0 Å². The Balaban J connectivity index is 1.88. The van der Waals surface area contributed by atoms with Crippen molar-refractivity contribution < 1.29 is 24.8 Å². The first-order valence-corrected chi connectivity index (χ1v) is 9.91. The molecule has 0 unspecified atom stereocenters. The maximum Gasteiger partial charge on any atom is 0.336 e. The van der Waals surface area contributed by atoms with Crippen molar-refractivity contribution in [3.05, 3.63) is 82.5 Å². The molecule has 2 N–H and O–H groups in total. The normalized spacial score (nSPS) is 11.5. The van der Waals surface area contributed by atoms with E-state index in [9.17, 15) is 9.90 Å². The summed E-state index contributed by atoms with van der Waals surface area (Å²) in [6, 6.07) is 15.1. The highest BCUT2D eigenvalue weighted by atomic mass is 35.5. The van der Waals surface area contributed by atoms with Crippen LogP contribution in [0, 0.1) is 0 Å². The van der Waals surface area contributed by atoms with Gasteiger partial charge in [-0.1, -0.05) is 11.6 Å². The lowest BCUT2D eigenvalue weighted by Gasteiger charge is -2.08. The molecule has 2 aromatic heterocycles. The Bertz CT molecular complexity index is 1240. The maximum absolute atomic E-state index is 11.9. The van der Waals surface area contributed by atoms with Gasteiger partial charge in [0, 0.05) is 33.6 Å². The van der Waals surface area contributed by atoms with E-state index in [1.54, 1.807) is 60.7 Å². The van der Waals surface area contributed by atoms with E-state index >= 15 is 0 Å². The Hall–Kier alpha value is -3.39. The predicted octanol–water partition coefficient (Wildman–Crippen LogP) is 6.22. The van der Waals surface area contributed by atoms with Gasteiger partial charge >= 0.3 is 5.97 Å². The number of nitrogens with zero attached hydrogens (tertiary/aromatic N) is 1. The lowest BCUT2D eigenvalue weighted by molar-refractivity contribution is -0.137. The SMILES string of the molecule is O=C(O)C(=Cc1sc2cc(OO)ccc2c1Oc1ccc(Cl)cc1)c1ccncc1. The number of hydrogen-bond acceptors (Lipinski definition) is 6. The summed E-state index contributed by atoms with van der Waals surface area (Å²) in [7, 11) is 0. The number of ether oxygens (including phenoxy) is 1. The third-order valence-electron chi connectivity index (χ3n) is 4.28. The van der Waals surface area contributed by atoms with Crippen LogP contribution in [0.15, 0.2) is 67.0 Å². The van der Waals surface area contributed by atoms with Crippen LogP contribution in [0.25, 0.3) is 21.7 Å². The third kappa shape index (κ3) is 4.13. The molecule has 150 valence electrons. The highest BCUT2D eigenvalue weighted by molar-refractivity contribution is 7.20. The van der Waals surface area contributed by atoms with Gasteiger partial charge in [-0.2, -0.15) is 0 Å². The van der Waals surface area contributed by atoms with Gasteiger partial charge in [0.15, 0.2) is 11.5 Å². The smallest absolute Gasteiger partial charge is 0.336 e. The fourth-order valence-corrected chi connectivity index (χ4v) is 4.11. The van der Waals surface area contributed by atoms with Gasteiger partial charge in [0.05, 0.1) is 10.5 Å². The summed E-state index contributed by atoms with van der Waals surface area (Å²) < 4.78 is 6.87. The van der Waals surface area contributed by atoms with Crippen LogP contribution in [0.1, 0.15) is 10.4 Å². The number of halogens is 1. The summed E-state index contributed by atoms with van der Waals surface area (Å²) >= 11 is 7.27. The fourth-order valence-electron chi connectivity index (χ4n) is 2.88. The van der Waals surface area contributed by atoms with Crippen LogP contribution in [0.3, 0.4) is 0 Å². The van der Waals surface area contributed by atoms with Crippen molar-refractivity contribution in [2.45, 2.75) is 0 Å². The molecule has 0 amide bonds. The van der Waals surface area contributed by atoms with Gasteiger partial charge < -0.3 is 14.7 Å². The molecule has 0 spiro atoms. The Labute approximate surface area is 180 Å². The Morgan fingerprint density at radius 3 is 2.40 bits per heavy atom. The van der Waals surface area contributed by atoms with Crippen molar-refractivity contribution in [3.63, 3.8) is 0 Å². The number of thiophene rings is 1. The number of hydrogen-bond donors (Lipinski definition) is 2. The standard InChI is InChI=1S/C22H14ClNO5S/c23-14-1-3-15(4-2-14)28-21-17-6-5-16(29-27)11-19(17)30-20(21)12-18(22(25)26)13-7-9-24-10-8-13/h1-12,27H,(H,25,26). The molecule has 0 saturated heterocycles. The first kappa shape index (κ1) is 19.9. The summed E-state index contributed by atoms with van der Waals surface area (Å²) in [5, 5.41) is 20.1. The molecule has 4 aromatic rings. The number of pyridine rings is 1. The van der Waals surface area contributed by atoms with Gasteiger partial charge in [0.25, 0.3) is 0 Å². The molecule has 0 bridgehead atoms. The molecular formula is C22H14ClNO5S. The van der Waals surface area contributed by atoms with Crippen LogP contribution in [0.2, 0.25) is 5.02 Å². The Morgan fingerprint density at radius 1 is 1.03 bits per heavy atom. The molecular weight excluding hydrogens is 426 g/mol. The fraction of sp³-hybridized carbons (Fsp3) is 0. The first-order chi connectivity index (χ1) is 14.5. The largest absolute Gasteiger partial charge is 0.478 e. The van der Waals surface area contributed by atoms with E-state index < -0.39 is 5.97 Å². The zero-order valence-electron chi connectivity index (χ0n) is 15.3. The monoisotopic (exact) mass is 439 g/mol. The summed E-state index contributed by atoms with van der Waals surface area (Å²) in [6.07, 6.45) is 4.63. The van der Waals surface area contributed by atoms with E-state index in [-0.39, 0.29) is 11.3 Å². The summed E-state index contributed by atoms with van der Waals surface area (Å²) in [5.74, 6) is 0.243. The lowest BCUT2D eigenvalue weighted by atomic mass is 10.1. The van der Waals surface area contributed by atoms with Gasteiger partial charge in [0.2, 0.25) is 0 Å².